The van der Waals surface area contributed by atoms with Crippen molar-refractivity contribution < 1.29 is 31.5 Å². The highest BCUT2D eigenvalue weighted by atomic mass is 32.2. The Bertz CT molecular complexity index is 1260. The van der Waals surface area contributed by atoms with Gasteiger partial charge in [-0.15, -0.1) is 0 Å². The number of aromatic nitrogens is 1. The van der Waals surface area contributed by atoms with E-state index in [1.807, 2.05) is 0 Å². The number of amides is 1. The lowest BCUT2D eigenvalue weighted by Crippen LogP contribution is -2.46. The van der Waals surface area contributed by atoms with Crippen molar-refractivity contribution in [1.82, 2.24) is 14.6 Å². The first kappa shape index (κ1) is 32.9. The van der Waals surface area contributed by atoms with E-state index < -0.39 is 42.0 Å². The van der Waals surface area contributed by atoms with E-state index in [4.69, 9.17) is 13.9 Å². The molecule has 0 radical (unpaired) electrons. The Labute approximate surface area is 233 Å². The van der Waals surface area contributed by atoms with Crippen LogP contribution in [-0.2, 0) is 19.2 Å². The molecule has 0 fully saturated rings. The summed E-state index contributed by atoms with van der Waals surface area (Å²) in [6.07, 6.45) is 1.18. The Balaban J connectivity index is 2.23. The fourth-order valence-electron chi connectivity index (χ4n) is 3.66. The van der Waals surface area contributed by atoms with Crippen LogP contribution < -0.4 is 9.46 Å². The molecule has 0 saturated heterocycles. The molecular weight excluding hydrogens is 541 g/mol. The highest BCUT2D eigenvalue weighted by Crippen LogP contribution is 2.36. The van der Waals surface area contributed by atoms with Crippen LogP contribution in [0, 0.1) is 5.95 Å². The molecule has 1 atom stereocenters. The lowest BCUT2D eigenvalue weighted by Gasteiger charge is -2.36. The van der Waals surface area contributed by atoms with E-state index in [0.29, 0.717) is 19.6 Å². The van der Waals surface area contributed by atoms with Gasteiger partial charge in [-0.1, -0.05) is 26.8 Å². The van der Waals surface area contributed by atoms with Crippen molar-refractivity contribution >= 4 is 35.2 Å². The number of hydrogen-bond donors (Lipinski definition) is 1. The second kappa shape index (κ2) is 12.5. The van der Waals surface area contributed by atoms with Gasteiger partial charge < -0.3 is 18.8 Å². The lowest BCUT2D eigenvalue weighted by atomic mass is 10.1. The molecule has 0 aliphatic carbocycles. The van der Waals surface area contributed by atoms with E-state index in [2.05, 4.69) is 43.6 Å². The van der Waals surface area contributed by atoms with Gasteiger partial charge >= 0.3 is 6.09 Å². The second-order valence-corrected chi connectivity index (χ2v) is 18.7. The van der Waals surface area contributed by atoms with Crippen molar-refractivity contribution in [2.75, 3.05) is 26.8 Å². The number of pyridine rings is 1. The second-order valence-electron chi connectivity index (χ2n) is 12.2. The van der Waals surface area contributed by atoms with E-state index in [1.54, 1.807) is 27.7 Å². The fraction of sp³-hybridized carbons (Fsp3) is 0.630. The van der Waals surface area contributed by atoms with Crippen molar-refractivity contribution in [2.45, 2.75) is 89.6 Å². The van der Waals surface area contributed by atoms with Crippen LogP contribution in [0.5, 0.6) is 5.75 Å². The molecular formula is C27H44FN3O6SSi. The van der Waals surface area contributed by atoms with Gasteiger partial charge in [0.15, 0.2) is 8.32 Å². The van der Waals surface area contributed by atoms with E-state index in [1.165, 1.54) is 30.2 Å². The Morgan fingerprint density at radius 3 is 2.38 bits per heavy atom. The Kier molecular flexibility index (Phi) is 10.5. The fourth-order valence-corrected chi connectivity index (χ4v) is 6.22. The van der Waals surface area contributed by atoms with Crippen molar-refractivity contribution in [2.24, 2.45) is 0 Å². The summed E-state index contributed by atoms with van der Waals surface area (Å²) in [6, 6.07) is 3.58. The summed E-state index contributed by atoms with van der Waals surface area (Å²) in [4.78, 5) is 18.0. The average Bonchev–Trinajstić information content (AvgIpc) is 2.78. The summed E-state index contributed by atoms with van der Waals surface area (Å²) in [5.74, 6) is -0.663. The maximum atomic E-state index is 14.4. The predicted octanol–water partition coefficient (Wildman–Crippen LogP) is 5.70. The zero-order valence-electron chi connectivity index (χ0n) is 24.8. The van der Waals surface area contributed by atoms with Gasteiger partial charge in [0.25, 0.3) is 0 Å². The van der Waals surface area contributed by atoms with Gasteiger partial charge in [0.1, 0.15) is 11.4 Å². The van der Waals surface area contributed by atoms with Crippen LogP contribution in [0.1, 0.15) is 54.9 Å². The SMILES string of the molecule is COc1cnc(F)c2cccc(S(=O)(=O)N[C@H](C)CN(CCCO[Si](C)(C)C(C)(C)C)C(=O)OC(C)(C)C)c12. The van der Waals surface area contributed by atoms with Crippen LogP contribution in [0.15, 0.2) is 29.3 Å². The van der Waals surface area contributed by atoms with Gasteiger partial charge in [0.2, 0.25) is 16.0 Å². The molecule has 39 heavy (non-hydrogen) atoms. The zero-order valence-corrected chi connectivity index (χ0v) is 26.7. The van der Waals surface area contributed by atoms with Gasteiger partial charge in [-0.3, -0.25) is 0 Å². The minimum atomic E-state index is -4.13. The third-order valence-electron chi connectivity index (χ3n) is 6.64. The molecule has 0 saturated carbocycles. The first-order chi connectivity index (χ1) is 17.8. The standard InChI is InChI=1S/C27H44FN3O6SSi/c1-19(30-38(33,34)22-14-11-13-20-23(22)21(35-8)17-29-24(20)28)18-31(25(32)37-26(2,3)4)15-12-16-36-39(9,10)27(5,6)7/h11,13-14,17,19,30H,12,15-16,18H2,1-10H3/t19-/m1/s1. The monoisotopic (exact) mass is 585 g/mol. The molecule has 0 unspecified atom stereocenters. The normalized spacial score (nSPS) is 13.8. The van der Waals surface area contributed by atoms with E-state index in [0.717, 1.165) is 6.20 Å². The summed E-state index contributed by atoms with van der Waals surface area (Å²) >= 11 is 0. The van der Waals surface area contributed by atoms with Crippen LogP contribution in [0.4, 0.5) is 9.18 Å². The van der Waals surface area contributed by atoms with Gasteiger partial charge in [0, 0.05) is 36.5 Å². The first-order valence-corrected chi connectivity index (χ1v) is 17.4. The largest absolute Gasteiger partial charge is 0.494 e. The van der Waals surface area contributed by atoms with E-state index >= 15 is 0 Å². The number of benzene rings is 1. The van der Waals surface area contributed by atoms with Crippen LogP contribution in [-0.4, -0.2) is 71.2 Å². The summed E-state index contributed by atoms with van der Waals surface area (Å²) in [7, 11) is -4.71. The third-order valence-corrected chi connectivity index (χ3v) is 12.8. The van der Waals surface area contributed by atoms with Gasteiger partial charge in [0.05, 0.1) is 18.2 Å². The number of nitrogens with one attached hydrogen (secondary N) is 1. The van der Waals surface area contributed by atoms with E-state index in [-0.39, 0.29) is 33.0 Å². The molecule has 1 heterocycles. The predicted molar refractivity (Wildman–Crippen MR) is 154 cm³/mol. The minimum Gasteiger partial charge on any atom is -0.494 e. The highest BCUT2D eigenvalue weighted by Gasteiger charge is 2.37. The first-order valence-electron chi connectivity index (χ1n) is 13.0. The van der Waals surface area contributed by atoms with Crippen molar-refractivity contribution in [1.29, 1.82) is 0 Å². The molecule has 2 rings (SSSR count). The molecule has 0 spiro atoms. The van der Waals surface area contributed by atoms with Crippen LogP contribution in [0.25, 0.3) is 10.8 Å². The maximum absolute atomic E-state index is 14.4. The summed E-state index contributed by atoms with van der Waals surface area (Å²) in [6.45, 7) is 18.7. The quantitative estimate of drug-likeness (QED) is 0.205. The highest BCUT2D eigenvalue weighted by molar-refractivity contribution is 7.89. The van der Waals surface area contributed by atoms with Crippen molar-refractivity contribution in [3.63, 3.8) is 0 Å². The summed E-state index contributed by atoms with van der Waals surface area (Å²) in [5.41, 5.74) is -0.715. The van der Waals surface area contributed by atoms with Crippen LogP contribution in [0.2, 0.25) is 18.1 Å². The molecule has 0 aliphatic heterocycles. The number of carbonyl (C=O) groups excluding carboxylic acids is 1. The van der Waals surface area contributed by atoms with Crippen molar-refractivity contribution in [3.8, 4) is 5.75 Å². The molecule has 1 aromatic heterocycles. The number of sulfonamides is 1. The summed E-state index contributed by atoms with van der Waals surface area (Å²) < 4.78 is 60.9. The Morgan fingerprint density at radius 2 is 1.82 bits per heavy atom. The molecule has 0 bridgehead atoms. The number of carbonyl (C=O) groups is 1. The molecule has 1 amide bonds. The number of rotatable bonds is 11. The van der Waals surface area contributed by atoms with Crippen LogP contribution >= 0.6 is 0 Å². The Hall–Kier alpha value is -2.28. The van der Waals surface area contributed by atoms with Gasteiger partial charge in [-0.05, 0) is 64.4 Å². The molecule has 1 N–H and O–H groups in total. The number of methoxy groups -OCH3 is 1. The molecule has 2 aromatic rings. The van der Waals surface area contributed by atoms with Gasteiger partial charge in [-0.25, -0.2) is 22.9 Å². The number of nitrogens with zero attached hydrogens (tertiary/aromatic N) is 2. The Morgan fingerprint density at radius 1 is 1.18 bits per heavy atom. The smallest absolute Gasteiger partial charge is 0.410 e. The molecule has 220 valence electrons. The molecule has 0 aliphatic rings. The van der Waals surface area contributed by atoms with Crippen LogP contribution in [0.3, 0.4) is 0 Å². The molecule has 9 nitrogen and oxygen atoms in total. The van der Waals surface area contributed by atoms with Crippen molar-refractivity contribution in [3.05, 3.63) is 30.3 Å². The zero-order chi connectivity index (χ0) is 29.8. The average molecular weight is 586 g/mol. The molecule has 1 aromatic carbocycles. The topological polar surface area (TPSA) is 107 Å². The van der Waals surface area contributed by atoms with E-state index in [9.17, 15) is 17.6 Å². The lowest BCUT2D eigenvalue weighted by molar-refractivity contribution is 0.0230. The van der Waals surface area contributed by atoms with Gasteiger partial charge in [-0.2, -0.15) is 4.39 Å². The minimum absolute atomic E-state index is 0.0296. The maximum Gasteiger partial charge on any atom is 0.410 e. The number of hydrogen-bond acceptors (Lipinski definition) is 7. The summed E-state index contributed by atoms with van der Waals surface area (Å²) in [5, 5.41) is 0.189. The number of fused-ring (bicyclic) bond motifs is 1. The third kappa shape index (κ3) is 8.85. The number of halogens is 1. The number of ether oxygens (including phenoxy) is 2. The molecule has 12 heteroatoms.